The van der Waals surface area contributed by atoms with Gasteiger partial charge in [-0.2, -0.15) is 4.98 Å². The van der Waals surface area contributed by atoms with Crippen molar-refractivity contribution < 1.29 is 9.32 Å². The summed E-state index contributed by atoms with van der Waals surface area (Å²) in [4.78, 5) is 20.0. The summed E-state index contributed by atoms with van der Waals surface area (Å²) in [5.74, 6) is 1.62. The number of rotatable bonds is 5. The van der Waals surface area contributed by atoms with E-state index in [1.54, 1.807) is 18.9 Å². The molecular formula is C22H19N3O2S. The van der Waals surface area contributed by atoms with E-state index in [0.717, 1.165) is 21.4 Å². The first kappa shape index (κ1) is 18.3. The van der Waals surface area contributed by atoms with Crippen LogP contribution in [0.2, 0.25) is 0 Å². The van der Waals surface area contributed by atoms with Gasteiger partial charge in [0.2, 0.25) is 5.89 Å². The quantitative estimate of drug-likeness (QED) is 0.445. The topological polar surface area (TPSA) is 59.2 Å². The molecule has 0 aliphatic carbocycles. The number of hydrogen-bond donors (Lipinski definition) is 0. The molecule has 0 N–H and O–H groups in total. The third kappa shape index (κ3) is 3.77. The van der Waals surface area contributed by atoms with Crippen LogP contribution in [0, 0.1) is 6.92 Å². The minimum atomic E-state index is -0.0555. The summed E-state index contributed by atoms with van der Waals surface area (Å²) < 4.78 is 5.17. The first-order valence-electron chi connectivity index (χ1n) is 8.90. The first-order valence-corrected chi connectivity index (χ1v) is 9.88. The summed E-state index contributed by atoms with van der Waals surface area (Å²) in [5.41, 5.74) is 1.51. The minimum absolute atomic E-state index is 0.0555. The van der Waals surface area contributed by atoms with Crippen molar-refractivity contribution in [3.63, 3.8) is 0 Å². The smallest absolute Gasteiger partial charge is 0.259 e. The number of amides is 1. The highest BCUT2D eigenvalue weighted by molar-refractivity contribution is 7.98. The van der Waals surface area contributed by atoms with E-state index in [0.29, 0.717) is 23.0 Å². The van der Waals surface area contributed by atoms with Gasteiger partial charge in [0.25, 0.3) is 5.91 Å². The molecular weight excluding hydrogens is 370 g/mol. The molecule has 0 fully saturated rings. The zero-order valence-corrected chi connectivity index (χ0v) is 16.4. The van der Waals surface area contributed by atoms with Gasteiger partial charge in [-0.25, -0.2) is 0 Å². The number of hydrogen-bond acceptors (Lipinski definition) is 5. The molecule has 0 atom stereocenters. The number of nitrogens with zero attached hydrogens (tertiary/aromatic N) is 3. The van der Waals surface area contributed by atoms with Gasteiger partial charge in [-0.15, -0.1) is 11.8 Å². The molecule has 1 aromatic heterocycles. The summed E-state index contributed by atoms with van der Waals surface area (Å²) in [6, 6.07) is 21.7. The van der Waals surface area contributed by atoms with E-state index in [1.165, 1.54) is 11.8 Å². The lowest BCUT2D eigenvalue weighted by atomic mass is 10.1. The van der Waals surface area contributed by atoms with Crippen molar-refractivity contribution >= 4 is 34.1 Å². The Bertz CT molecular complexity index is 1140. The fraction of sp³-hybridized carbons (Fsp3) is 0.136. The van der Waals surface area contributed by atoms with Crippen molar-refractivity contribution in [3.05, 3.63) is 84.0 Å². The number of thioether (sulfide) groups is 1. The van der Waals surface area contributed by atoms with E-state index in [4.69, 9.17) is 4.52 Å². The predicted octanol–water partition coefficient (Wildman–Crippen LogP) is 5.10. The Balaban J connectivity index is 1.58. The van der Waals surface area contributed by atoms with Gasteiger partial charge >= 0.3 is 0 Å². The Morgan fingerprint density at radius 2 is 1.79 bits per heavy atom. The summed E-state index contributed by atoms with van der Waals surface area (Å²) in [5, 5.41) is 6.06. The highest BCUT2D eigenvalue weighted by atomic mass is 32.2. The normalized spacial score (nSPS) is 10.9. The molecule has 1 amide bonds. The van der Waals surface area contributed by atoms with Crippen LogP contribution in [-0.4, -0.2) is 23.1 Å². The standard InChI is InChI=1S/C22H19N3O2S/c1-15-23-21(27-24-15)14-28-20-10-6-5-9-19(20)22(26)25(2)18-12-11-16-7-3-4-8-17(16)13-18/h3-13H,14H2,1-2H3. The molecule has 0 aliphatic heterocycles. The second-order valence-corrected chi connectivity index (χ2v) is 7.43. The van der Waals surface area contributed by atoms with Crippen molar-refractivity contribution in [1.29, 1.82) is 0 Å². The molecule has 28 heavy (non-hydrogen) atoms. The third-order valence-electron chi connectivity index (χ3n) is 4.46. The number of aryl methyl sites for hydroxylation is 1. The summed E-state index contributed by atoms with van der Waals surface area (Å²) in [6.45, 7) is 1.79. The zero-order chi connectivity index (χ0) is 19.5. The van der Waals surface area contributed by atoms with Crippen LogP contribution >= 0.6 is 11.8 Å². The van der Waals surface area contributed by atoms with Gasteiger partial charge < -0.3 is 9.42 Å². The van der Waals surface area contributed by atoms with E-state index in [9.17, 15) is 4.79 Å². The van der Waals surface area contributed by atoms with E-state index >= 15 is 0 Å². The van der Waals surface area contributed by atoms with E-state index in [1.807, 2.05) is 60.7 Å². The monoisotopic (exact) mass is 389 g/mol. The number of carbonyl (C=O) groups is 1. The maximum atomic E-state index is 13.2. The second-order valence-electron chi connectivity index (χ2n) is 6.42. The van der Waals surface area contributed by atoms with Gasteiger partial charge in [0.15, 0.2) is 5.82 Å². The summed E-state index contributed by atoms with van der Waals surface area (Å²) >= 11 is 1.51. The van der Waals surface area contributed by atoms with Crippen molar-refractivity contribution in [3.8, 4) is 0 Å². The molecule has 1 heterocycles. The second kappa shape index (κ2) is 7.86. The third-order valence-corrected chi connectivity index (χ3v) is 5.52. The van der Waals surface area contributed by atoms with Crippen molar-refractivity contribution in [1.82, 2.24) is 10.1 Å². The molecule has 0 radical (unpaired) electrons. The van der Waals surface area contributed by atoms with Crippen LogP contribution in [0.15, 0.2) is 76.1 Å². The predicted molar refractivity (Wildman–Crippen MR) is 112 cm³/mol. The van der Waals surface area contributed by atoms with E-state index in [-0.39, 0.29) is 5.91 Å². The first-order chi connectivity index (χ1) is 13.6. The van der Waals surface area contributed by atoms with Gasteiger partial charge in [0, 0.05) is 17.6 Å². The van der Waals surface area contributed by atoms with Crippen LogP contribution in [0.25, 0.3) is 10.8 Å². The number of benzene rings is 3. The lowest BCUT2D eigenvalue weighted by molar-refractivity contribution is 0.0990. The number of aromatic nitrogens is 2. The maximum Gasteiger partial charge on any atom is 0.259 e. The Labute approximate surface area is 167 Å². The van der Waals surface area contributed by atoms with Crippen LogP contribution in [0.5, 0.6) is 0 Å². The van der Waals surface area contributed by atoms with Gasteiger partial charge in [0.1, 0.15) is 0 Å². The lowest BCUT2D eigenvalue weighted by Gasteiger charge is -2.19. The number of carbonyl (C=O) groups excluding carboxylic acids is 1. The Morgan fingerprint density at radius 1 is 1.04 bits per heavy atom. The fourth-order valence-corrected chi connectivity index (χ4v) is 3.87. The highest BCUT2D eigenvalue weighted by Gasteiger charge is 2.18. The van der Waals surface area contributed by atoms with Crippen LogP contribution in [0.4, 0.5) is 5.69 Å². The van der Waals surface area contributed by atoms with Crippen molar-refractivity contribution in [2.24, 2.45) is 0 Å². The maximum absolute atomic E-state index is 13.2. The molecule has 0 bridgehead atoms. The molecule has 0 aliphatic rings. The Hall–Kier alpha value is -3.12. The Morgan fingerprint density at radius 3 is 2.57 bits per heavy atom. The number of anilines is 1. The molecule has 4 rings (SSSR count). The lowest BCUT2D eigenvalue weighted by Crippen LogP contribution is -2.26. The minimum Gasteiger partial charge on any atom is -0.338 e. The molecule has 0 spiro atoms. The molecule has 0 saturated carbocycles. The molecule has 140 valence electrons. The molecule has 0 saturated heterocycles. The van der Waals surface area contributed by atoms with Gasteiger partial charge in [-0.3, -0.25) is 4.79 Å². The van der Waals surface area contributed by atoms with Gasteiger partial charge in [-0.05, 0) is 42.0 Å². The van der Waals surface area contributed by atoms with E-state index < -0.39 is 0 Å². The molecule has 3 aromatic carbocycles. The van der Waals surface area contributed by atoms with Crippen molar-refractivity contribution in [2.75, 3.05) is 11.9 Å². The molecule has 6 heteroatoms. The fourth-order valence-electron chi connectivity index (χ4n) is 2.99. The molecule has 0 unspecified atom stereocenters. The van der Waals surface area contributed by atoms with Gasteiger partial charge in [0.05, 0.1) is 11.3 Å². The SMILES string of the molecule is Cc1noc(CSc2ccccc2C(=O)N(C)c2ccc3ccccc3c2)n1. The molecule has 5 nitrogen and oxygen atoms in total. The van der Waals surface area contributed by atoms with Crippen LogP contribution in [0.1, 0.15) is 22.1 Å². The zero-order valence-electron chi connectivity index (χ0n) is 15.6. The Kier molecular flexibility index (Phi) is 5.12. The molecule has 4 aromatic rings. The van der Waals surface area contributed by atoms with Gasteiger partial charge in [-0.1, -0.05) is 47.6 Å². The van der Waals surface area contributed by atoms with Crippen LogP contribution < -0.4 is 4.90 Å². The largest absolute Gasteiger partial charge is 0.338 e. The van der Waals surface area contributed by atoms with Crippen molar-refractivity contribution in [2.45, 2.75) is 17.6 Å². The average molecular weight is 389 g/mol. The van der Waals surface area contributed by atoms with E-state index in [2.05, 4.69) is 16.2 Å². The highest BCUT2D eigenvalue weighted by Crippen LogP contribution is 2.28. The van der Waals surface area contributed by atoms with Crippen LogP contribution in [-0.2, 0) is 5.75 Å². The number of fused-ring (bicyclic) bond motifs is 1. The average Bonchev–Trinajstić information content (AvgIpc) is 3.16. The summed E-state index contributed by atoms with van der Waals surface area (Å²) in [6.07, 6.45) is 0. The summed E-state index contributed by atoms with van der Waals surface area (Å²) in [7, 11) is 1.80. The van der Waals surface area contributed by atoms with Crippen LogP contribution in [0.3, 0.4) is 0 Å².